The van der Waals surface area contributed by atoms with E-state index < -0.39 is 36.0 Å². The number of hydrogen-bond acceptors (Lipinski definition) is 9. The van der Waals surface area contributed by atoms with E-state index in [-0.39, 0.29) is 22.6 Å². The van der Waals surface area contributed by atoms with Crippen LogP contribution in [0.15, 0.2) is 12.1 Å². The topological polar surface area (TPSA) is 143 Å². The number of aromatic hydroxyl groups is 3. The van der Waals surface area contributed by atoms with Gasteiger partial charge in [-0.05, 0) is 43.0 Å². The summed E-state index contributed by atoms with van der Waals surface area (Å²) < 4.78 is 15.6. The minimum absolute atomic E-state index is 0.0931. The molecule has 1 aliphatic rings. The summed E-state index contributed by atoms with van der Waals surface area (Å²) in [4.78, 5) is 25.1. The number of aliphatic hydroxyl groups is 1. The average Bonchev–Trinajstić information content (AvgIpc) is 2.70. The van der Waals surface area contributed by atoms with Gasteiger partial charge in [-0.15, -0.1) is 0 Å². The summed E-state index contributed by atoms with van der Waals surface area (Å²) in [5.74, 6) is -5.75. The smallest absolute Gasteiger partial charge is 0.344 e. The molecule has 31 heavy (non-hydrogen) atoms. The van der Waals surface area contributed by atoms with Crippen LogP contribution in [0.2, 0.25) is 0 Å². The van der Waals surface area contributed by atoms with Crippen molar-refractivity contribution in [3.05, 3.63) is 45.5 Å². The van der Waals surface area contributed by atoms with Crippen molar-refractivity contribution in [2.45, 2.75) is 39.4 Å². The SMILES string of the molecule is COc1cc(O)c2c(c1C)[C@H](C)[C@](O)(COC(=O)c1c(O)cc(O)c(C)c1C)OC2=O. The van der Waals surface area contributed by atoms with Crippen LogP contribution in [0.1, 0.15) is 55.8 Å². The average molecular weight is 432 g/mol. The normalized spacial score (nSPS) is 20.1. The number of fused-ring (bicyclic) bond motifs is 1. The van der Waals surface area contributed by atoms with Crippen LogP contribution in [-0.4, -0.2) is 51.9 Å². The van der Waals surface area contributed by atoms with Crippen molar-refractivity contribution in [1.82, 2.24) is 0 Å². The largest absolute Gasteiger partial charge is 0.508 e. The van der Waals surface area contributed by atoms with E-state index in [1.807, 2.05) is 0 Å². The highest BCUT2D eigenvalue weighted by atomic mass is 16.7. The number of benzene rings is 2. The lowest BCUT2D eigenvalue weighted by Gasteiger charge is -2.38. The van der Waals surface area contributed by atoms with Gasteiger partial charge in [-0.2, -0.15) is 0 Å². The van der Waals surface area contributed by atoms with E-state index in [0.717, 1.165) is 6.07 Å². The molecule has 0 bridgehead atoms. The number of rotatable bonds is 4. The van der Waals surface area contributed by atoms with Crippen LogP contribution >= 0.6 is 0 Å². The van der Waals surface area contributed by atoms with Gasteiger partial charge in [0.05, 0.1) is 13.0 Å². The van der Waals surface area contributed by atoms with Gasteiger partial charge < -0.3 is 34.6 Å². The molecule has 0 unspecified atom stereocenters. The number of methoxy groups -OCH3 is 1. The molecule has 1 heterocycles. The van der Waals surface area contributed by atoms with E-state index in [1.165, 1.54) is 20.1 Å². The van der Waals surface area contributed by atoms with Gasteiger partial charge in [-0.3, -0.25) is 0 Å². The van der Waals surface area contributed by atoms with Gasteiger partial charge in [-0.1, -0.05) is 6.92 Å². The van der Waals surface area contributed by atoms with Crippen molar-refractivity contribution >= 4 is 11.9 Å². The number of ether oxygens (including phenoxy) is 3. The molecule has 0 aromatic heterocycles. The minimum atomic E-state index is -2.22. The van der Waals surface area contributed by atoms with Crippen molar-refractivity contribution in [1.29, 1.82) is 0 Å². The lowest BCUT2D eigenvalue weighted by molar-refractivity contribution is -0.206. The summed E-state index contributed by atoms with van der Waals surface area (Å²) in [5.41, 5.74) is 1.25. The maximum atomic E-state index is 12.6. The number of hydrogen-bond donors (Lipinski definition) is 4. The Hall–Kier alpha value is -3.46. The number of esters is 2. The highest BCUT2D eigenvalue weighted by molar-refractivity contribution is 5.97. The Bertz CT molecular complexity index is 1090. The third-order valence-corrected chi connectivity index (χ3v) is 5.84. The van der Waals surface area contributed by atoms with Crippen LogP contribution in [0.5, 0.6) is 23.0 Å². The van der Waals surface area contributed by atoms with Crippen LogP contribution in [-0.2, 0) is 9.47 Å². The van der Waals surface area contributed by atoms with E-state index >= 15 is 0 Å². The predicted octanol–water partition coefficient (Wildman–Crippen LogP) is 2.56. The van der Waals surface area contributed by atoms with E-state index in [2.05, 4.69) is 0 Å². The van der Waals surface area contributed by atoms with E-state index in [0.29, 0.717) is 28.0 Å². The summed E-state index contributed by atoms with van der Waals surface area (Å²) in [6, 6.07) is 2.30. The molecular weight excluding hydrogens is 408 g/mol. The standard InChI is InChI=1S/C22H24O9/c1-9-10(2)18(14(24)6-13(9)23)20(26)30-8-22(28)12(4)17-11(3)16(29-5)7-15(25)19(17)21(27)31-22/h6-7,12,23-25,28H,8H2,1-5H3/t12-,22-/m0/s1. The monoisotopic (exact) mass is 432 g/mol. The Morgan fingerprint density at radius 1 is 1.06 bits per heavy atom. The zero-order valence-electron chi connectivity index (χ0n) is 17.8. The van der Waals surface area contributed by atoms with Gasteiger partial charge in [0.15, 0.2) is 6.61 Å². The van der Waals surface area contributed by atoms with Crippen LogP contribution in [0.4, 0.5) is 0 Å². The number of carbonyl (C=O) groups excluding carboxylic acids is 2. The highest BCUT2D eigenvalue weighted by Gasteiger charge is 2.48. The molecule has 9 heteroatoms. The first-order chi connectivity index (χ1) is 14.4. The Morgan fingerprint density at radius 3 is 2.32 bits per heavy atom. The molecule has 3 rings (SSSR count). The Kier molecular flexibility index (Phi) is 5.49. The number of carbonyl (C=O) groups is 2. The van der Waals surface area contributed by atoms with Crippen molar-refractivity contribution in [2.75, 3.05) is 13.7 Å². The van der Waals surface area contributed by atoms with Gasteiger partial charge in [0.1, 0.15) is 34.1 Å². The third-order valence-electron chi connectivity index (χ3n) is 5.84. The number of phenolic OH excluding ortho intramolecular Hbond substituents is 3. The molecule has 2 aromatic carbocycles. The maximum absolute atomic E-state index is 12.6. The van der Waals surface area contributed by atoms with Crippen LogP contribution < -0.4 is 4.74 Å². The van der Waals surface area contributed by atoms with E-state index in [9.17, 15) is 30.0 Å². The zero-order valence-corrected chi connectivity index (χ0v) is 17.8. The van der Waals surface area contributed by atoms with Gasteiger partial charge in [-0.25, -0.2) is 9.59 Å². The maximum Gasteiger partial charge on any atom is 0.344 e. The van der Waals surface area contributed by atoms with Crippen molar-refractivity contribution < 1.29 is 44.2 Å². The van der Waals surface area contributed by atoms with Gasteiger partial charge >= 0.3 is 11.9 Å². The lowest BCUT2D eigenvalue weighted by atomic mass is 9.82. The molecule has 0 saturated heterocycles. The Morgan fingerprint density at radius 2 is 1.71 bits per heavy atom. The molecule has 9 nitrogen and oxygen atoms in total. The molecule has 1 aliphatic heterocycles. The molecule has 4 N–H and O–H groups in total. The van der Waals surface area contributed by atoms with E-state index in [4.69, 9.17) is 14.2 Å². The molecule has 0 spiro atoms. The predicted molar refractivity (Wildman–Crippen MR) is 108 cm³/mol. The van der Waals surface area contributed by atoms with Crippen LogP contribution in [0.25, 0.3) is 0 Å². The van der Waals surface area contributed by atoms with Gasteiger partial charge in [0.25, 0.3) is 5.79 Å². The molecule has 166 valence electrons. The first-order valence-electron chi connectivity index (χ1n) is 9.48. The Balaban J connectivity index is 1.94. The highest BCUT2D eigenvalue weighted by Crippen LogP contribution is 2.45. The fourth-order valence-electron chi connectivity index (χ4n) is 3.79. The zero-order chi connectivity index (χ0) is 23.2. The second-order valence-electron chi connectivity index (χ2n) is 7.58. The molecule has 2 atom stereocenters. The molecule has 0 saturated carbocycles. The van der Waals surface area contributed by atoms with Crippen molar-refractivity contribution in [3.63, 3.8) is 0 Å². The van der Waals surface area contributed by atoms with Gasteiger partial charge in [0.2, 0.25) is 0 Å². The molecule has 2 aromatic rings. The number of phenols is 3. The number of cyclic esters (lactones) is 1. The molecule has 0 aliphatic carbocycles. The lowest BCUT2D eigenvalue weighted by Crippen LogP contribution is -2.48. The van der Waals surface area contributed by atoms with E-state index in [1.54, 1.807) is 20.8 Å². The van der Waals surface area contributed by atoms with Gasteiger partial charge in [0, 0.05) is 12.1 Å². The molecule has 0 amide bonds. The fourth-order valence-corrected chi connectivity index (χ4v) is 3.79. The van der Waals surface area contributed by atoms with Crippen LogP contribution in [0, 0.1) is 20.8 Å². The summed E-state index contributed by atoms with van der Waals surface area (Å²) in [6.07, 6.45) is 0. The second-order valence-corrected chi connectivity index (χ2v) is 7.58. The first kappa shape index (κ1) is 22.2. The summed E-state index contributed by atoms with van der Waals surface area (Å²) in [7, 11) is 1.41. The van der Waals surface area contributed by atoms with Crippen molar-refractivity contribution in [3.8, 4) is 23.0 Å². The van der Waals surface area contributed by atoms with Crippen molar-refractivity contribution in [2.24, 2.45) is 0 Å². The quantitative estimate of drug-likeness (QED) is 0.536. The summed E-state index contributed by atoms with van der Waals surface area (Å²) in [6.45, 7) is 5.59. The second kappa shape index (κ2) is 7.66. The summed E-state index contributed by atoms with van der Waals surface area (Å²) >= 11 is 0. The third kappa shape index (κ3) is 3.50. The Labute approximate surface area is 178 Å². The molecule has 0 radical (unpaired) electrons. The fraction of sp³-hybridized carbons (Fsp3) is 0.364. The molecular formula is C22H24O9. The summed E-state index contributed by atoms with van der Waals surface area (Å²) in [5, 5.41) is 41.1. The first-order valence-corrected chi connectivity index (χ1v) is 9.48. The van der Waals surface area contributed by atoms with Crippen LogP contribution in [0.3, 0.4) is 0 Å². The molecule has 0 fully saturated rings. The minimum Gasteiger partial charge on any atom is -0.508 e.